The molecule has 3 rings (SSSR count). The lowest BCUT2D eigenvalue weighted by Crippen LogP contribution is -1.99. The summed E-state index contributed by atoms with van der Waals surface area (Å²) in [5, 5.41) is 11.4. The summed E-state index contributed by atoms with van der Waals surface area (Å²) < 4.78 is 11.3. The molecule has 2 aromatic carbocycles. The molecule has 0 spiro atoms. The highest BCUT2D eigenvalue weighted by Gasteiger charge is 2.17. The summed E-state index contributed by atoms with van der Waals surface area (Å²) in [4.78, 5) is 4.71. The second-order valence-corrected chi connectivity index (χ2v) is 6.20. The zero-order chi connectivity index (χ0) is 18.1. The van der Waals surface area contributed by atoms with Crippen molar-refractivity contribution in [2.45, 2.75) is 34.1 Å². The van der Waals surface area contributed by atoms with Crippen molar-refractivity contribution in [1.29, 1.82) is 0 Å². The lowest BCUT2D eigenvalue weighted by molar-refractivity contribution is 0.412. The van der Waals surface area contributed by atoms with Crippen molar-refractivity contribution in [2.24, 2.45) is 0 Å². The lowest BCUT2D eigenvalue weighted by atomic mass is 10.00. The van der Waals surface area contributed by atoms with Gasteiger partial charge in [0.1, 0.15) is 23.0 Å². The number of fused-ring (bicyclic) bond motifs is 1. The molecular weight excluding hydrogens is 314 g/mol. The molecule has 1 N–H and O–H groups in total. The Labute approximate surface area is 148 Å². The van der Waals surface area contributed by atoms with E-state index in [1.54, 1.807) is 7.11 Å². The van der Waals surface area contributed by atoms with Crippen LogP contribution >= 0.6 is 0 Å². The van der Waals surface area contributed by atoms with Gasteiger partial charge < -0.3 is 14.6 Å². The highest BCUT2D eigenvalue weighted by molar-refractivity contribution is 5.92. The number of aromatic nitrogens is 1. The number of rotatable bonds is 4. The summed E-state index contributed by atoms with van der Waals surface area (Å²) in [6.07, 6.45) is 0.789. The molecule has 4 nitrogen and oxygen atoms in total. The minimum Gasteiger partial charge on any atom is -0.507 e. The van der Waals surface area contributed by atoms with Gasteiger partial charge in [0.2, 0.25) is 0 Å². The van der Waals surface area contributed by atoms with Gasteiger partial charge in [-0.05, 0) is 63.1 Å². The number of aromatic hydroxyl groups is 1. The first-order valence-electron chi connectivity index (χ1n) is 8.40. The van der Waals surface area contributed by atoms with Crippen molar-refractivity contribution >= 4 is 10.9 Å². The highest BCUT2D eigenvalue weighted by Crippen LogP contribution is 2.39. The van der Waals surface area contributed by atoms with Crippen LogP contribution in [-0.4, -0.2) is 17.2 Å². The molecule has 0 amide bonds. The Morgan fingerprint density at radius 1 is 1.00 bits per heavy atom. The molecule has 0 bridgehead atoms. The predicted octanol–water partition coefficient (Wildman–Crippen LogP) is 5.23. The van der Waals surface area contributed by atoms with E-state index in [2.05, 4.69) is 0 Å². The Morgan fingerprint density at radius 3 is 2.24 bits per heavy atom. The molecule has 0 atom stereocenters. The van der Waals surface area contributed by atoms with E-state index in [1.807, 2.05) is 58.0 Å². The summed E-state index contributed by atoms with van der Waals surface area (Å²) in [5.41, 5.74) is 4.43. The fourth-order valence-corrected chi connectivity index (χ4v) is 3.15. The first-order valence-corrected chi connectivity index (χ1v) is 8.40. The second-order valence-electron chi connectivity index (χ2n) is 6.20. The van der Waals surface area contributed by atoms with Crippen LogP contribution in [0.1, 0.15) is 29.3 Å². The summed E-state index contributed by atoms with van der Waals surface area (Å²) >= 11 is 0. The van der Waals surface area contributed by atoms with Crippen LogP contribution in [0.15, 0.2) is 30.3 Å². The number of pyridine rings is 1. The van der Waals surface area contributed by atoms with E-state index >= 15 is 0 Å². The number of hydrogen-bond acceptors (Lipinski definition) is 4. The van der Waals surface area contributed by atoms with Gasteiger partial charge in [0, 0.05) is 22.2 Å². The molecule has 3 aromatic rings. The van der Waals surface area contributed by atoms with Gasteiger partial charge in [0.25, 0.3) is 0 Å². The Kier molecular flexibility index (Phi) is 4.53. The third kappa shape index (κ3) is 3.00. The largest absolute Gasteiger partial charge is 0.507 e. The molecule has 0 saturated carbocycles. The number of ether oxygens (including phenoxy) is 2. The van der Waals surface area contributed by atoms with Gasteiger partial charge in [-0.25, -0.2) is 0 Å². The van der Waals surface area contributed by atoms with Crippen molar-refractivity contribution in [2.75, 3.05) is 7.11 Å². The van der Waals surface area contributed by atoms with Crippen LogP contribution in [0.2, 0.25) is 0 Å². The third-order valence-electron chi connectivity index (χ3n) is 4.58. The van der Waals surface area contributed by atoms with Crippen LogP contribution in [0.5, 0.6) is 23.0 Å². The van der Waals surface area contributed by atoms with Crippen LogP contribution in [0.4, 0.5) is 0 Å². The van der Waals surface area contributed by atoms with Gasteiger partial charge in [0.15, 0.2) is 0 Å². The average molecular weight is 337 g/mol. The van der Waals surface area contributed by atoms with Crippen LogP contribution in [-0.2, 0) is 6.42 Å². The van der Waals surface area contributed by atoms with Crippen molar-refractivity contribution < 1.29 is 14.6 Å². The highest BCUT2D eigenvalue weighted by atomic mass is 16.5. The standard InChI is InChI=1S/C21H23NO3/c1-6-17-13(3)20(23)19-14(4)21(12(2)11-18(19)22-17)25-16-9-7-15(24-5)8-10-16/h7-11H,6H2,1-5H3,(H,22,23). The van der Waals surface area contributed by atoms with E-state index in [4.69, 9.17) is 14.5 Å². The van der Waals surface area contributed by atoms with E-state index in [0.717, 1.165) is 57.0 Å². The summed E-state index contributed by atoms with van der Waals surface area (Å²) in [6, 6.07) is 9.42. The van der Waals surface area contributed by atoms with Crippen molar-refractivity contribution in [1.82, 2.24) is 4.98 Å². The van der Waals surface area contributed by atoms with Crippen molar-refractivity contribution in [3.8, 4) is 23.0 Å². The maximum Gasteiger partial charge on any atom is 0.134 e. The van der Waals surface area contributed by atoms with E-state index in [1.165, 1.54) is 0 Å². The fraction of sp³-hybridized carbons (Fsp3) is 0.286. The molecular formula is C21H23NO3. The SMILES string of the molecule is CCc1nc2cc(C)c(Oc3ccc(OC)cc3)c(C)c2c(O)c1C. The topological polar surface area (TPSA) is 51.6 Å². The predicted molar refractivity (Wildman–Crippen MR) is 100 cm³/mol. The van der Waals surface area contributed by atoms with Crippen LogP contribution in [0, 0.1) is 20.8 Å². The molecule has 0 unspecified atom stereocenters. The van der Waals surface area contributed by atoms with Crippen LogP contribution in [0.3, 0.4) is 0 Å². The van der Waals surface area contributed by atoms with Crippen LogP contribution in [0.25, 0.3) is 10.9 Å². The molecule has 0 aliphatic rings. The minimum atomic E-state index is 0.291. The van der Waals surface area contributed by atoms with Gasteiger partial charge in [0.05, 0.1) is 12.6 Å². The number of aryl methyl sites for hydroxylation is 3. The molecule has 0 aliphatic heterocycles. The van der Waals surface area contributed by atoms with Crippen LogP contribution < -0.4 is 9.47 Å². The van der Waals surface area contributed by atoms with Gasteiger partial charge in [-0.2, -0.15) is 0 Å². The Hall–Kier alpha value is -2.75. The normalized spacial score (nSPS) is 10.9. The summed E-state index contributed by atoms with van der Waals surface area (Å²) in [6.45, 7) is 7.90. The third-order valence-corrected chi connectivity index (χ3v) is 4.58. The quantitative estimate of drug-likeness (QED) is 0.708. The average Bonchev–Trinajstić information content (AvgIpc) is 2.61. The Morgan fingerprint density at radius 2 is 1.64 bits per heavy atom. The fourth-order valence-electron chi connectivity index (χ4n) is 3.15. The van der Waals surface area contributed by atoms with Gasteiger partial charge >= 0.3 is 0 Å². The number of benzene rings is 2. The zero-order valence-corrected chi connectivity index (χ0v) is 15.3. The molecule has 1 heterocycles. The van der Waals surface area contributed by atoms with Crippen molar-refractivity contribution in [3.63, 3.8) is 0 Å². The molecule has 4 heteroatoms. The van der Waals surface area contributed by atoms with Crippen molar-refractivity contribution in [3.05, 3.63) is 52.7 Å². The Balaban J connectivity index is 2.13. The maximum atomic E-state index is 10.7. The van der Waals surface area contributed by atoms with E-state index in [-0.39, 0.29) is 0 Å². The van der Waals surface area contributed by atoms with Gasteiger partial charge in [-0.1, -0.05) is 6.92 Å². The minimum absolute atomic E-state index is 0.291. The maximum absolute atomic E-state index is 10.7. The molecule has 130 valence electrons. The lowest BCUT2D eigenvalue weighted by Gasteiger charge is -2.17. The van der Waals surface area contributed by atoms with E-state index < -0.39 is 0 Å². The van der Waals surface area contributed by atoms with E-state index in [9.17, 15) is 5.11 Å². The molecule has 0 aliphatic carbocycles. The summed E-state index contributed by atoms with van der Waals surface area (Å²) in [7, 11) is 1.64. The Bertz CT molecular complexity index is 931. The van der Waals surface area contributed by atoms with Gasteiger partial charge in [-0.3, -0.25) is 4.98 Å². The first kappa shape index (κ1) is 17.1. The summed E-state index contributed by atoms with van der Waals surface area (Å²) in [5.74, 6) is 2.54. The second kappa shape index (κ2) is 6.63. The molecule has 0 radical (unpaired) electrons. The zero-order valence-electron chi connectivity index (χ0n) is 15.3. The molecule has 0 saturated heterocycles. The number of hydrogen-bond donors (Lipinski definition) is 1. The first-order chi connectivity index (χ1) is 12.0. The molecule has 0 fully saturated rings. The smallest absolute Gasteiger partial charge is 0.134 e. The molecule has 25 heavy (non-hydrogen) atoms. The van der Waals surface area contributed by atoms with Gasteiger partial charge in [-0.15, -0.1) is 0 Å². The van der Waals surface area contributed by atoms with E-state index in [0.29, 0.717) is 5.75 Å². The number of methoxy groups -OCH3 is 1. The number of nitrogens with zero attached hydrogens (tertiary/aromatic N) is 1. The molecule has 1 aromatic heterocycles. The monoisotopic (exact) mass is 337 g/mol.